The van der Waals surface area contributed by atoms with E-state index in [0.29, 0.717) is 18.4 Å². The summed E-state index contributed by atoms with van der Waals surface area (Å²) in [6.07, 6.45) is 3.61. The fourth-order valence-corrected chi connectivity index (χ4v) is 3.00. The number of nitrogens with zero attached hydrogens (tertiary/aromatic N) is 1. The molecule has 2 rings (SSSR count). The summed E-state index contributed by atoms with van der Waals surface area (Å²) in [6.45, 7) is 8.46. The van der Waals surface area contributed by atoms with Crippen molar-refractivity contribution in [1.29, 1.82) is 0 Å². The van der Waals surface area contributed by atoms with Gasteiger partial charge in [-0.05, 0) is 42.9 Å². The second-order valence-electron chi connectivity index (χ2n) is 7.39. The second kappa shape index (κ2) is 8.70. The molecule has 130 valence electrons. The van der Waals surface area contributed by atoms with Gasteiger partial charge >= 0.3 is 0 Å². The first-order valence-electron chi connectivity index (χ1n) is 8.44. The molecule has 1 aromatic rings. The summed E-state index contributed by atoms with van der Waals surface area (Å²) >= 11 is 0. The third-order valence-electron chi connectivity index (χ3n) is 4.70. The highest BCUT2D eigenvalue weighted by Gasteiger charge is 2.21. The Bertz CT molecular complexity index is 485. The van der Waals surface area contributed by atoms with E-state index in [1.165, 1.54) is 11.1 Å². The van der Waals surface area contributed by atoms with Crippen molar-refractivity contribution in [3.05, 3.63) is 35.4 Å². The number of rotatable bonds is 4. The van der Waals surface area contributed by atoms with E-state index in [9.17, 15) is 4.79 Å². The molecule has 1 amide bonds. The minimum Gasteiger partial charge on any atom is -0.343 e. The first-order chi connectivity index (χ1) is 10.4. The van der Waals surface area contributed by atoms with E-state index in [1.54, 1.807) is 0 Å². The van der Waals surface area contributed by atoms with Gasteiger partial charge in [-0.2, -0.15) is 0 Å². The summed E-state index contributed by atoms with van der Waals surface area (Å²) in [5.41, 5.74) is 2.79. The molecule has 1 N–H and O–H groups in total. The molecular weight excluding hydrogens is 308 g/mol. The number of hydrogen-bond acceptors (Lipinski definition) is 2. The van der Waals surface area contributed by atoms with Crippen LogP contribution in [0.2, 0.25) is 0 Å². The van der Waals surface area contributed by atoms with Crippen LogP contribution in [0.5, 0.6) is 0 Å². The molecule has 1 aromatic carbocycles. The van der Waals surface area contributed by atoms with Crippen molar-refractivity contribution >= 4 is 18.3 Å². The summed E-state index contributed by atoms with van der Waals surface area (Å²) in [4.78, 5) is 14.3. The van der Waals surface area contributed by atoms with Crippen molar-refractivity contribution in [2.75, 3.05) is 20.1 Å². The lowest BCUT2D eigenvalue weighted by Gasteiger charge is -2.31. The molecule has 0 aliphatic carbocycles. The standard InChI is InChI=1S/C19H30N2O.ClH/c1-19(2,3)16-8-5-15(6-9-16)7-10-18(22)21-13-11-17(20-4)12-14-21;/h5-6,8-9,17,20H,7,10-14H2,1-4H3;1H. The number of halogens is 1. The van der Waals surface area contributed by atoms with Crippen LogP contribution < -0.4 is 5.32 Å². The van der Waals surface area contributed by atoms with Crippen LogP contribution in [0, 0.1) is 0 Å². The average Bonchev–Trinajstić information content (AvgIpc) is 2.52. The Labute approximate surface area is 147 Å². The molecule has 0 saturated carbocycles. The van der Waals surface area contributed by atoms with Gasteiger partial charge in [0.2, 0.25) is 5.91 Å². The minimum atomic E-state index is 0. The van der Waals surface area contributed by atoms with Crippen molar-refractivity contribution in [3.8, 4) is 0 Å². The highest BCUT2D eigenvalue weighted by molar-refractivity contribution is 5.85. The van der Waals surface area contributed by atoms with E-state index in [-0.39, 0.29) is 17.8 Å². The molecule has 3 nitrogen and oxygen atoms in total. The zero-order valence-electron chi connectivity index (χ0n) is 14.9. The minimum absolute atomic E-state index is 0. The van der Waals surface area contributed by atoms with E-state index in [0.717, 1.165) is 32.4 Å². The highest BCUT2D eigenvalue weighted by atomic mass is 35.5. The third kappa shape index (κ3) is 5.82. The van der Waals surface area contributed by atoms with E-state index in [1.807, 2.05) is 11.9 Å². The van der Waals surface area contributed by atoms with Gasteiger partial charge in [0.25, 0.3) is 0 Å². The second-order valence-corrected chi connectivity index (χ2v) is 7.39. The Morgan fingerprint density at radius 3 is 2.22 bits per heavy atom. The van der Waals surface area contributed by atoms with Gasteiger partial charge in [0, 0.05) is 25.6 Å². The summed E-state index contributed by atoms with van der Waals surface area (Å²) < 4.78 is 0. The fourth-order valence-electron chi connectivity index (χ4n) is 3.00. The zero-order valence-corrected chi connectivity index (χ0v) is 15.7. The normalized spacial score (nSPS) is 16.1. The Hall–Kier alpha value is -1.06. The van der Waals surface area contributed by atoms with Crippen LogP contribution in [0.3, 0.4) is 0 Å². The van der Waals surface area contributed by atoms with E-state index < -0.39 is 0 Å². The van der Waals surface area contributed by atoms with Crippen molar-refractivity contribution in [2.45, 2.75) is 57.9 Å². The number of benzene rings is 1. The van der Waals surface area contributed by atoms with E-state index in [4.69, 9.17) is 0 Å². The first kappa shape index (κ1) is 20.0. The fraction of sp³-hybridized carbons (Fsp3) is 0.632. The SMILES string of the molecule is CNC1CCN(C(=O)CCc2ccc(C(C)(C)C)cc2)CC1.Cl. The average molecular weight is 339 g/mol. The van der Waals surface area contributed by atoms with Crippen molar-refractivity contribution in [3.63, 3.8) is 0 Å². The first-order valence-corrected chi connectivity index (χ1v) is 8.44. The lowest BCUT2D eigenvalue weighted by molar-refractivity contribution is -0.132. The van der Waals surface area contributed by atoms with Gasteiger partial charge < -0.3 is 10.2 Å². The van der Waals surface area contributed by atoms with Crippen molar-refractivity contribution < 1.29 is 4.79 Å². The van der Waals surface area contributed by atoms with Crippen LogP contribution in [0.25, 0.3) is 0 Å². The predicted molar refractivity (Wildman–Crippen MR) is 99.4 cm³/mol. The van der Waals surface area contributed by atoms with Gasteiger partial charge in [0.1, 0.15) is 0 Å². The highest BCUT2D eigenvalue weighted by Crippen LogP contribution is 2.22. The molecule has 0 bridgehead atoms. The molecule has 0 spiro atoms. The largest absolute Gasteiger partial charge is 0.343 e. The summed E-state index contributed by atoms with van der Waals surface area (Å²) in [5, 5.41) is 3.30. The molecule has 1 saturated heterocycles. The summed E-state index contributed by atoms with van der Waals surface area (Å²) in [6, 6.07) is 9.30. The third-order valence-corrected chi connectivity index (χ3v) is 4.70. The number of carbonyl (C=O) groups is 1. The molecule has 1 fully saturated rings. The predicted octanol–water partition coefficient (Wildman–Crippen LogP) is 3.55. The Morgan fingerprint density at radius 1 is 1.17 bits per heavy atom. The topological polar surface area (TPSA) is 32.3 Å². The van der Waals surface area contributed by atoms with Gasteiger partial charge in [-0.1, -0.05) is 45.0 Å². The molecule has 0 unspecified atom stereocenters. The lowest BCUT2D eigenvalue weighted by Crippen LogP contribution is -2.44. The molecule has 0 atom stereocenters. The number of piperidine rings is 1. The van der Waals surface area contributed by atoms with Crippen molar-refractivity contribution in [2.24, 2.45) is 0 Å². The molecule has 0 aromatic heterocycles. The number of hydrogen-bond donors (Lipinski definition) is 1. The lowest BCUT2D eigenvalue weighted by atomic mass is 9.86. The quantitative estimate of drug-likeness (QED) is 0.910. The smallest absolute Gasteiger partial charge is 0.222 e. The molecular formula is C19H31ClN2O. The number of likely N-dealkylation sites (tertiary alicyclic amines) is 1. The van der Waals surface area contributed by atoms with Gasteiger partial charge in [-0.25, -0.2) is 0 Å². The maximum absolute atomic E-state index is 12.3. The summed E-state index contributed by atoms with van der Waals surface area (Å²) in [7, 11) is 2.00. The Kier molecular flexibility index (Phi) is 7.56. The Morgan fingerprint density at radius 2 is 1.74 bits per heavy atom. The van der Waals surface area contributed by atoms with Crippen LogP contribution in [0.4, 0.5) is 0 Å². The zero-order chi connectivity index (χ0) is 16.2. The molecule has 23 heavy (non-hydrogen) atoms. The molecule has 0 radical (unpaired) electrons. The molecule has 4 heteroatoms. The summed E-state index contributed by atoms with van der Waals surface area (Å²) in [5.74, 6) is 0.300. The van der Waals surface area contributed by atoms with Gasteiger partial charge in [0.05, 0.1) is 0 Å². The van der Waals surface area contributed by atoms with Crippen LogP contribution in [-0.2, 0) is 16.6 Å². The number of nitrogens with one attached hydrogen (secondary N) is 1. The van der Waals surface area contributed by atoms with Crippen LogP contribution in [0.15, 0.2) is 24.3 Å². The maximum atomic E-state index is 12.3. The van der Waals surface area contributed by atoms with Crippen LogP contribution in [-0.4, -0.2) is 37.0 Å². The van der Waals surface area contributed by atoms with Crippen LogP contribution in [0.1, 0.15) is 51.2 Å². The van der Waals surface area contributed by atoms with Gasteiger partial charge in [-0.15, -0.1) is 12.4 Å². The van der Waals surface area contributed by atoms with E-state index >= 15 is 0 Å². The molecule has 1 aliphatic heterocycles. The molecule has 1 heterocycles. The Balaban J connectivity index is 0.00000264. The van der Waals surface area contributed by atoms with Gasteiger partial charge in [-0.3, -0.25) is 4.79 Å². The molecule has 1 aliphatic rings. The van der Waals surface area contributed by atoms with Gasteiger partial charge in [0.15, 0.2) is 0 Å². The van der Waals surface area contributed by atoms with Crippen molar-refractivity contribution in [1.82, 2.24) is 10.2 Å². The van der Waals surface area contributed by atoms with E-state index in [2.05, 4.69) is 50.4 Å². The number of aryl methyl sites for hydroxylation is 1. The maximum Gasteiger partial charge on any atom is 0.222 e. The van der Waals surface area contributed by atoms with Crippen LogP contribution >= 0.6 is 12.4 Å². The number of carbonyl (C=O) groups excluding carboxylic acids is 1. The number of amides is 1. The monoisotopic (exact) mass is 338 g/mol.